The summed E-state index contributed by atoms with van der Waals surface area (Å²) in [5.41, 5.74) is 5.16. The molecule has 0 bridgehead atoms. The van der Waals surface area contributed by atoms with Crippen LogP contribution >= 0.6 is 15.9 Å². The molecule has 0 saturated heterocycles. The number of hydrogen-bond donors (Lipinski definition) is 2. The van der Waals surface area contributed by atoms with Gasteiger partial charge in [-0.2, -0.15) is 5.10 Å². The lowest BCUT2D eigenvalue weighted by Gasteiger charge is -2.22. The van der Waals surface area contributed by atoms with Crippen molar-refractivity contribution in [1.29, 1.82) is 0 Å². The molecule has 0 fully saturated rings. The summed E-state index contributed by atoms with van der Waals surface area (Å²) in [7, 11) is 0. The molecule has 1 heterocycles. The highest BCUT2D eigenvalue weighted by Gasteiger charge is 2.23. The standard InChI is InChI=1S/C29H30BrN5O2/c1-4-18-34(29(37)31-24-16-14-23(30)15-17-24)19-26(36)32-28-27(22-11-6-5-7-12-22)21(3)33-35(28)25-13-9-8-10-20(25)2/h5-17H,4,18-19H2,1-3H3,(H,31,37)(H,32,36). The van der Waals surface area contributed by atoms with Crippen LogP contribution in [0.5, 0.6) is 0 Å². The molecule has 0 atom stereocenters. The summed E-state index contributed by atoms with van der Waals surface area (Å²) in [5.74, 6) is 0.277. The molecule has 4 rings (SSSR count). The molecular formula is C29H30BrN5O2. The van der Waals surface area contributed by atoms with Gasteiger partial charge < -0.3 is 15.5 Å². The number of urea groups is 1. The van der Waals surface area contributed by atoms with Crippen molar-refractivity contribution in [2.75, 3.05) is 23.7 Å². The SMILES string of the molecule is CCCN(CC(=O)Nc1c(-c2ccccc2)c(C)nn1-c1ccccc1C)C(=O)Nc1ccc(Br)cc1. The number of aryl methyl sites for hydroxylation is 2. The minimum atomic E-state index is -0.328. The zero-order chi connectivity index (χ0) is 26.4. The van der Waals surface area contributed by atoms with Crippen molar-refractivity contribution in [1.82, 2.24) is 14.7 Å². The van der Waals surface area contributed by atoms with Crippen LogP contribution in [0.4, 0.5) is 16.3 Å². The maximum Gasteiger partial charge on any atom is 0.322 e. The Kier molecular flexibility index (Phi) is 8.40. The summed E-state index contributed by atoms with van der Waals surface area (Å²) in [5, 5.41) is 10.7. The molecule has 0 spiro atoms. The van der Waals surface area contributed by atoms with Crippen molar-refractivity contribution in [2.45, 2.75) is 27.2 Å². The van der Waals surface area contributed by atoms with Crippen LogP contribution in [0, 0.1) is 13.8 Å². The van der Waals surface area contributed by atoms with E-state index in [1.165, 1.54) is 4.90 Å². The van der Waals surface area contributed by atoms with Gasteiger partial charge in [0.05, 0.1) is 11.4 Å². The number of hydrogen-bond acceptors (Lipinski definition) is 3. The number of para-hydroxylation sites is 1. The highest BCUT2D eigenvalue weighted by molar-refractivity contribution is 9.10. The predicted molar refractivity (Wildman–Crippen MR) is 152 cm³/mol. The first-order chi connectivity index (χ1) is 17.9. The number of carbonyl (C=O) groups is 2. The molecule has 0 aliphatic carbocycles. The van der Waals surface area contributed by atoms with E-state index in [0.717, 1.165) is 39.0 Å². The number of benzene rings is 3. The summed E-state index contributed by atoms with van der Waals surface area (Å²) in [4.78, 5) is 27.9. The number of anilines is 2. The van der Waals surface area contributed by atoms with E-state index in [9.17, 15) is 9.59 Å². The Morgan fingerprint density at radius 3 is 2.27 bits per heavy atom. The first kappa shape index (κ1) is 26.2. The zero-order valence-electron chi connectivity index (χ0n) is 21.2. The first-order valence-electron chi connectivity index (χ1n) is 12.2. The summed E-state index contributed by atoms with van der Waals surface area (Å²) in [6.45, 7) is 6.26. The summed E-state index contributed by atoms with van der Waals surface area (Å²) < 4.78 is 2.70. The molecule has 8 heteroatoms. The minimum Gasteiger partial charge on any atom is -0.315 e. The Morgan fingerprint density at radius 1 is 0.919 bits per heavy atom. The molecule has 190 valence electrons. The van der Waals surface area contributed by atoms with Crippen molar-refractivity contribution in [3.63, 3.8) is 0 Å². The van der Waals surface area contributed by atoms with Gasteiger partial charge in [-0.1, -0.05) is 71.4 Å². The number of nitrogens with one attached hydrogen (secondary N) is 2. The maximum absolute atomic E-state index is 13.4. The van der Waals surface area contributed by atoms with E-state index in [4.69, 9.17) is 5.10 Å². The molecule has 3 amide bonds. The van der Waals surface area contributed by atoms with Crippen LogP contribution in [0.2, 0.25) is 0 Å². The summed E-state index contributed by atoms with van der Waals surface area (Å²) >= 11 is 3.40. The molecular weight excluding hydrogens is 530 g/mol. The van der Waals surface area contributed by atoms with Crippen LogP contribution in [0.3, 0.4) is 0 Å². The third kappa shape index (κ3) is 6.27. The third-order valence-corrected chi connectivity index (χ3v) is 6.46. The average Bonchev–Trinajstić information content (AvgIpc) is 3.21. The number of rotatable bonds is 8. The van der Waals surface area contributed by atoms with Gasteiger partial charge in [0, 0.05) is 22.3 Å². The smallest absolute Gasteiger partial charge is 0.315 e. The molecule has 0 saturated carbocycles. The molecule has 4 aromatic rings. The maximum atomic E-state index is 13.4. The van der Waals surface area contributed by atoms with Crippen LogP contribution in [0.1, 0.15) is 24.6 Å². The fraction of sp³-hybridized carbons (Fsp3) is 0.207. The Labute approximate surface area is 225 Å². The van der Waals surface area contributed by atoms with E-state index in [2.05, 4.69) is 26.6 Å². The fourth-order valence-electron chi connectivity index (χ4n) is 4.17. The predicted octanol–water partition coefficient (Wildman–Crippen LogP) is 6.80. The van der Waals surface area contributed by atoms with Gasteiger partial charge in [-0.3, -0.25) is 4.79 Å². The molecule has 0 aliphatic heterocycles. The number of carbonyl (C=O) groups excluding carboxylic acids is 2. The van der Waals surface area contributed by atoms with Crippen molar-refractivity contribution in [2.24, 2.45) is 0 Å². The molecule has 7 nitrogen and oxygen atoms in total. The van der Waals surface area contributed by atoms with E-state index >= 15 is 0 Å². The Morgan fingerprint density at radius 2 is 1.59 bits per heavy atom. The summed E-state index contributed by atoms with van der Waals surface area (Å²) in [6.07, 6.45) is 0.719. The number of aromatic nitrogens is 2. The molecule has 0 unspecified atom stereocenters. The zero-order valence-corrected chi connectivity index (χ0v) is 22.7. The van der Waals surface area contributed by atoms with E-state index in [1.807, 2.05) is 99.6 Å². The highest BCUT2D eigenvalue weighted by atomic mass is 79.9. The minimum absolute atomic E-state index is 0.0948. The van der Waals surface area contributed by atoms with Crippen LogP contribution in [0.25, 0.3) is 16.8 Å². The lowest BCUT2D eigenvalue weighted by atomic mass is 10.1. The van der Waals surface area contributed by atoms with Gasteiger partial charge in [-0.05, 0) is 61.7 Å². The fourth-order valence-corrected chi connectivity index (χ4v) is 4.44. The normalized spacial score (nSPS) is 10.7. The second kappa shape index (κ2) is 11.9. The monoisotopic (exact) mass is 559 g/mol. The van der Waals surface area contributed by atoms with Gasteiger partial charge in [0.1, 0.15) is 12.4 Å². The number of nitrogens with zero attached hydrogens (tertiary/aromatic N) is 3. The van der Waals surface area contributed by atoms with E-state index in [-0.39, 0.29) is 18.5 Å². The number of amides is 3. The Balaban J connectivity index is 1.63. The van der Waals surface area contributed by atoms with E-state index < -0.39 is 0 Å². The quantitative estimate of drug-likeness (QED) is 0.249. The van der Waals surface area contributed by atoms with Crippen LogP contribution in [-0.4, -0.2) is 39.7 Å². The van der Waals surface area contributed by atoms with Crippen molar-refractivity contribution >= 4 is 39.4 Å². The van der Waals surface area contributed by atoms with Crippen molar-refractivity contribution in [3.8, 4) is 16.8 Å². The lowest BCUT2D eigenvalue weighted by Crippen LogP contribution is -2.41. The molecule has 0 radical (unpaired) electrons. The molecule has 2 N–H and O–H groups in total. The van der Waals surface area contributed by atoms with Gasteiger partial charge in [-0.15, -0.1) is 0 Å². The molecule has 37 heavy (non-hydrogen) atoms. The topological polar surface area (TPSA) is 79.3 Å². The van der Waals surface area contributed by atoms with Crippen LogP contribution in [-0.2, 0) is 4.79 Å². The molecule has 1 aromatic heterocycles. The van der Waals surface area contributed by atoms with Gasteiger partial charge in [0.25, 0.3) is 0 Å². The third-order valence-electron chi connectivity index (χ3n) is 5.94. The second-order valence-electron chi connectivity index (χ2n) is 8.78. The van der Waals surface area contributed by atoms with Gasteiger partial charge in [0.2, 0.25) is 5.91 Å². The highest BCUT2D eigenvalue weighted by Crippen LogP contribution is 2.34. The van der Waals surface area contributed by atoms with Crippen LogP contribution in [0.15, 0.2) is 83.3 Å². The Bertz CT molecular complexity index is 1380. The average molecular weight is 560 g/mol. The second-order valence-corrected chi connectivity index (χ2v) is 9.70. The first-order valence-corrected chi connectivity index (χ1v) is 13.0. The lowest BCUT2D eigenvalue weighted by molar-refractivity contribution is -0.116. The van der Waals surface area contributed by atoms with Gasteiger partial charge in [0.15, 0.2) is 0 Å². The largest absolute Gasteiger partial charge is 0.322 e. The van der Waals surface area contributed by atoms with Gasteiger partial charge >= 0.3 is 6.03 Å². The molecule has 3 aromatic carbocycles. The molecule has 0 aliphatic rings. The summed E-state index contributed by atoms with van der Waals surface area (Å²) in [6, 6.07) is 24.8. The van der Waals surface area contributed by atoms with Crippen molar-refractivity contribution in [3.05, 3.63) is 94.6 Å². The van der Waals surface area contributed by atoms with Crippen LogP contribution < -0.4 is 10.6 Å². The van der Waals surface area contributed by atoms with Gasteiger partial charge in [-0.25, -0.2) is 9.48 Å². The van der Waals surface area contributed by atoms with E-state index in [1.54, 1.807) is 4.68 Å². The van der Waals surface area contributed by atoms with Crippen molar-refractivity contribution < 1.29 is 9.59 Å². The number of halogens is 1. The Hall–Kier alpha value is -3.91. The van der Waals surface area contributed by atoms with E-state index in [0.29, 0.717) is 18.1 Å².